The number of hydrogen-bond donors (Lipinski definition) is 0. The molecular weight excluding hydrogens is 171 g/mol. The average Bonchev–Trinajstić information content (AvgIpc) is 1.77. The number of likely N-dealkylation sites (N-methyl/N-ethyl adjacent to an activating group) is 2. The van der Waals surface area contributed by atoms with Gasteiger partial charge < -0.3 is 9.80 Å². The lowest BCUT2D eigenvalue weighted by atomic mass is 10.4. The van der Waals surface area contributed by atoms with Crippen LogP contribution in [-0.2, 0) is 0 Å². The summed E-state index contributed by atoms with van der Waals surface area (Å²) < 4.78 is 0. The molecule has 0 unspecified atom stereocenters. The minimum absolute atomic E-state index is 0. The van der Waals surface area contributed by atoms with Crippen LogP contribution in [0.3, 0.4) is 0 Å². The van der Waals surface area contributed by atoms with E-state index < -0.39 is 0 Å². The molecule has 10 heavy (non-hydrogen) atoms. The van der Waals surface area contributed by atoms with Crippen LogP contribution in [0.1, 0.15) is 0 Å². The highest BCUT2D eigenvalue weighted by molar-refractivity contribution is 5.85. The van der Waals surface area contributed by atoms with E-state index in [1.807, 2.05) is 0 Å². The van der Waals surface area contributed by atoms with Gasteiger partial charge >= 0.3 is 0 Å². The summed E-state index contributed by atoms with van der Waals surface area (Å²) in [7, 11) is 4.35. The van der Waals surface area contributed by atoms with E-state index in [9.17, 15) is 0 Å². The van der Waals surface area contributed by atoms with Gasteiger partial charge in [-0.2, -0.15) is 0 Å². The normalized spacial score (nSPS) is 21.0. The van der Waals surface area contributed by atoms with Gasteiger partial charge in [0.2, 0.25) is 0 Å². The van der Waals surface area contributed by atoms with Gasteiger partial charge in [0.25, 0.3) is 0 Å². The Balaban J connectivity index is 0. The quantitative estimate of drug-likeness (QED) is 0.551. The molecule has 0 aliphatic carbocycles. The summed E-state index contributed by atoms with van der Waals surface area (Å²) in [5.41, 5.74) is 0. The summed E-state index contributed by atoms with van der Waals surface area (Å²) in [5.74, 6) is 0. The van der Waals surface area contributed by atoms with Gasteiger partial charge in [0.1, 0.15) is 0 Å². The Hall–Kier alpha value is 0.500. The fourth-order valence-corrected chi connectivity index (χ4v) is 0.906. The van der Waals surface area contributed by atoms with Crippen LogP contribution in [-0.4, -0.2) is 50.1 Å². The largest absolute Gasteiger partial charge is 0.304 e. The summed E-state index contributed by atoms with van der Waals surface area (Å²) in [5, 5.41) is 0. The molecule has 1 saturated heterocycles. The Morgan fingerprint density at radius 2 is 0.900 bits per heavy atom. The summed E-state index contributed by atoms with van der Waals surface area (Å²) in [6, 6.07) is 0. The molecule has 1 heterocycles. The first-order valence-electron chi connectivity index (χ1n) is 3.16. The lowest BCUT2D eigenvalue weighted by Gasteiger charge is -2.28. The highest BCUT2D eigenvalue weighted by Crippen LogP contribution is 1.93. The maximum absolute atomic E-state index is 2.36. The molecule has 64 valence electrons. The van der Waals surface area contributed by atoms with Gasteiger partial charge in [0.15, 0.2) is 0 Å². The second-order valence-electron chi connectivity index (χ2n) is 2.61. The summed E-state index contributed by atoms with van der Waals surface area (Å²) in [4.78, 5) is 4.72. The molecule has 1 aliphatic rings. The molecule has 0 aromatic carbocycles. The molecule has 2 nitrogen and oxygen atoms in total. The number of halogens is 2. The fourth-order valence-electron chi connectivity index (χ4n) is 0.906. The summed E-state index contributed by atoms with van der Waals surface area (Å²) >= 11 is 0. The summed E-state index contributed by atoms with van der Waals surface area (Å²) in [6.45, 7) is 4.93. The minimum Gasteiger partial charge on any atom is -0.304 e. The van der Waals surface area contributed by atoms with E-state index in [-0.39, 0.29) is 24.8 Å². The van der Waals surface area contributed by atoms with Crippen molar-refractivity contribution in [2.45, 2.75) is 0 Å². The Labute approximate surface area is 75.4 Å². The topological polar surface area (TPSA) is 6.48 Å². The van der Waals surface area contributed by atoms with Crippen molar-refractivity contribution in [1.29, 1.82) is 0 Å². The highest BCUT2D eigenvalue weighted by Gasteiger charge is 2.07. The van der Waals surface area contributed by atoms with Crippen LogP contribution >= 0.6 is 24.8 Å². The van der Waals surface area contributed by atoms with E-state index in [4.69, 9.17) is 0 Å². The number of nitrogens with zero attached hydrogens (tertiary/aromatic N) is 2. The van der Waals surface area contributed by atoms with Gasteiger partial charge in [-0.3, -0.25) is 0 Å². The third-order valence-corrected chi connectivity index (χ3v) is 1.73. The van der Waals surface area contributed by atoms with Crippen LogP contribution in [0.25, 0.3) is 0 Å². The van der Waals surface area contributed by atoms with E-state index in [2.05, 4.69) is 23.9 Å². The van der Waals surface area contributed by atoms with Crippen LogP contribution in [0.15, 0.2) is 0 Å². The molecule has 4 heteroatoms. The highest BCUT2D eigenvalue weighted by atomic mass is 35.5. The van der Waals surface area contributed by atoms with Crippen LogP contribution < -0.4 is 0 Å². The number of piperazine rings is 1. The standard InChI is InChI=1S/C6H14N2.2ClH/c1-7-3-5-8(2)6-4-7;;/h3-6H2,1-2H3;2*1H. The van der Waals surface area contributed by atoms with E-state index in [0.29, 0.717) is 0 Å². The van der Waals surface area contributed by atoms with Crippen molar-refractivity contribution in [2.24, 2.45) is 0 Å². The first kappa shape index (κ1) is 13.1. The van der Waals surface area contributed by atoms with E-state index in [1.165, 1.54) is 26.2 Å². The maximum atomic E-state index is 2.36. The Morgan fingerprint density at radius 3 is 1.10 bits per heavy atom. The zero-order valence-corrected chi connectivity index (χ0v) is 8.17. The fraction of sp³-hybridized carbons (Fsp3) is 1.00. The van der Waals surface area contributed by atoms with Crippen molar-refractivity contribution < 1.29 is 0 Å². The predicted octanol–water partition coefficient (Wildman–Crippen LogP) is 0.707. The molecule has 0 N–H and O–H groups in total. The predicted molar refractivity (Wildman–Crippen MR) is 49.5 cm³/mol. The molecule has 0 atom stereocenters. The first-order chi connectivity index (χ1) is 3.79. The van der Waals surface area contributed by atoms with Crippen molar-refractivity contribution in [3.8, 4) is 0 Å². The second-order valence-corrected chi connectivity index (χ2v) is 2.61. The van der Waals surface area contributed by atoms with Gasteiger partial charge in [-0.1, -0.05) is 0 Å². The van der Waals surface area contributed by atoms with Gasteiger partial charge in [-0.25, -0.2) is 0 Å². The third kappa shape index (κ3) is 4.34. The van der Waals surface area contributed by atoms with E-state index in [1.54, 1.807) is 0 Å². The lowest BCUT2D eigenvalue weighted by molar-refractivity contribution is 0.181. The van der Waals surface area contributed by atoms with Gasteiger partial charge in [0.05, 0.1) is 0 Å². The van der Waals surface area contributed by atoms with Gasteiger partial charge in [-0.05, 0) is 14.1 Å². The molecule has 0 aromatic rings. The number of rotatable bonds is 0. The van der Waals surface area contributed by atoms with Crippen molar-refractivity contribution in [1.82, 2.24) is 9.80 Å². The average molecular weight is 187 g/mol. The number of hydrogen-bond acceptors (Lipinski definition) is 2. The molecule has 0 amide bonds. The first-order valence-corrected chi connectivity index (χ1v) is 3.16. The van der Waals surface area contributed by atoms with Crippen molar-refractivity contribution in [2.75, 3.05) is 40.3 Å². The second kappa shape index (κ2) is 6.23. The summed E-state index contributed by atoms with van der Waals surface area (Å²) in [6.07, 6.45) is 0. The molecule has 0 radical (unpaired) electrons. The Kier molecular flexibility index (Phi) is 8.17. The van der Waals surface area contributed by atoms with Crippen LogP contribution in [0.4, 0.5) is 0 Å². The maximum Gasteiger partial charge on any atom is 0.0107 e. The molecule has 1 rings (SSSR count). The Morgan fingerprint density at radius 1 is 0.700 bits per heavy atom. The zero-order valence-electron chi connectivity index (χ0n) is 6.54. The zero-order chi connectivity index (χ0) is 5.98. The SMILES string of the molecule is CN1CCN(C)CC1.Cl.Cl. The Bertz CT molecular complexity index is 62.1. The molecule has 1 aliphatic heterocycles. The van der Waals surface area contributed by atoms with Crippen LogP contribution in [0.2, 0.25) is 0 Å². The smallest absolute Gasteiger partial charge is 0.0107 e. The third-order valence-electron chi connectivity index (χ3n) is 1.73. The van der Waals surface area contributed by atoms with E-state index >= 15 is 0 Å². The van der Waals surface area contributed by atoms with Crippen LogP contribution in [0, 0.1) is 0 Å². The minimum atomic E-state index is 0. The van der Waals surface area contributed by atoms with Crippen molar-refractivity contribution in [3.63, 3.8) is 0 Å². The van der Waals surface area contributed by atoms with Crippen molar-refractivity contribution in [3.05, 3.63) is 0 Å². The van der Waals surface area contributed by atoms with Gasteiger partial charge in [-0.15, -0.1) is 24.8 Å². The van der Waals surface area contributed by atoms with E-state index in [0.717, 1.165) is 0 Å². The lowest BCUT2D eigenvalue weighted by Crippen LogP contribution is -2.42. The van der Waals surface area contributed by atoms with Gasteiger partial charge in [0, 0.05) is 26.2 Å². The monoisotopic (exact) mass is 186 g/mol. The van der Waals surface area contributed by atoms with Crippen LogP contribution in [0.5, 0.6) is 0 Å². The molecule has 0 saturated carbocycles. The molecular formula is C6H16Cl2N2. The molecule has 1 fully saturated rings. The molecule has 0 bridgehead atoms. The molecule has 0 spiro atoms. The van der Waals surface area contributed by atoms with Crippen molar-refractivity contribution >= 4 is 24.8 Å². The molecule has 0 aromatic heterocycles.